The van der Waals surface area contributed by atoms with Crippen LogP contribution in [0.5, 0.6) is 0 Å². The second-order valence-electron chi connectivity index (χ2n) is 4.88. The van der Waals surface area contributed by atoms with E-state index in [2.05, 4.69) is 30.9 Å². The Hall–Kier alpha value is -1.93. The molecule has 1 fully saturated rings. The van der Waals surface area contributed by atoms with Crippen LogP contribution in [0.2, 0.25) is 0 Å². The summed E-state index contributed by atoms with van der Waals surface area (Å²) in [5, 5.41) is 10.8. The van der Waals surface area contributed by atoms with Gasteiger partial charge in [-0.1, -0.05) is 12.8 Å². The molecule has 0 unspecified atom stereocenters. The van der Waals surface area contributed by atoms with Gasteiger partial charge in [-0.3, -0.25) is 10.5 Å². The molecular formula is C12H19N7O. The molecule has 5 N–H and O–H groups in total. The van der Waals surface area contributed by atoms with Crippen molar-refractivity contribution < 1.29 is 4.74 Å². The molecule has 3 rings (SSSR count). The number of nitrogens with one attached hydrogen (secondary N) is 3. The zero-order chi connectivity index (χ0) is 13.8. The first-order chi connectivity index (χ1) is 9.86. The van der Waals surface area contributed by atoms with Crippen LogP contribution in [0.1, 0.15) is 25.7 Å². The number of rotatable bonds is 6. The number of nitrogen functional groups attached to an aromatic ring is 1. The summed E-state index contributed by atoms with van der Waals surface area (Å²) in [5.74, 6) is 6.40. The molecule has 2 aromatic heterocycles. The van der Waals surface area contributed by atoms with Crippen molar-refractivity contribution in [2.45, 2.75) is 31.8 Å². The van der Waals surface area contributed by atoms with E-state index in [0.29, 0.717) is 36.7 Å². The molecule has 0 saturated heterocycles. The molecule has 0 spiro atoms. The summed E-state index contributed by atoms with van der Waals surface area (Å²) in [5.41, 5.74) is 3.09. The largest absolute Gasteiger partial charge is 0.376 e. The van der Waals surface area contributed by atoms with Crippen molar-refractivity contribution in [1.82, 2.24) is 20.2 Å². The van der Waals surface area contributed by atoms with E-state index in [9.17, 15) is 0 Å². The number of aromatic amines is 1. The molecule has 8 nitrogen and oxygen atoms in total. The summed E-state index contributed by atoms with van der Waals surface area (Å²) in [6.07, 6.45) is 7.05. The quantitative estimate of drug-likeness (QED) is 0.354. The smallest absolute Gasteiger partial charge is 0.241 e. The molecule has 2 heterocycles. The average molecular weight is 277 g/mol. The highest BCUT2D eigenvalue weighted by molar-refractivity contribution is 5.86. The van der Waals surface area contributed by atoms with Crippen LogP contribution in [0.4, 0.5) is 11.8 Å². The fraction of sp³-hybridized carbons (Fsp3) is 0.583. The molecule has 1 aliphatic rings. The van der Waals surface area contributed by atoms with Crippen LogP contribution in [0, 0.1) is 0 Å². The van der Waals surface area contributed by atoms with Crippen molar-refractivity contribution in [2.24, 2.45) is 5.84 Å². The summed E-state index contributed by atoms with van der Waals surface area (Å²) >= 11 is 0. The Morgan fingerprint density at radius 2 is 2.20 bits per heavy atom. The number of hydrazine groups is 1. The van der Waals surface area contributed by atoms with Crippen LogP contribution in [-0.4, -0.2) is 39.4 Å². The van der Waals surface area contributed by atoms with Gasteiger partial charge in [0.05, 0.1) is 24.3 Å². The topological polar surface area (TPSA) is 114 Å². The van der Waals surface area contributed by atoms with E-state index in [4.69, 9.17) is 10.6 Å². The highest BCUT2D eigenvalue weighted by atomic mass is 16.5. The van der Waals surface area contributed by atoms with E-state index < -0.39 is 0 Å². The van der Waals surface area contributed by atoms with Crippen LogP contribution in [0.3, 0.4) is 0 Å². The Morgan fingerprint density at radius 1 is 1.35 bits per heavy atom. The fourth-order valence-corrected chi connectivity index (χ4v) is 2.48. The lowest BCUT2D eigenvalue weighted by Crippen LogP contribution is -2.17. The minimum absolute atomic E-state index is 0.348. The molecule has 108 valence electrons. The van der Waals surface area contributed by atoms with E-state index in [-0.39, 0.29) is 0 Å². The molecule has 8 heteroatoms. The lowest BCUT2D eigenvalue weighted by molar-refractivity contribution is 0.0659. The van der Waals surface area contributed by atoms with Gasteiger partial charge in [0, 0.05) is 6.54 Å². The third-order valence-corrected chi connectivity index (χ3v) is 3.49. The highest BCUT2D eigenvalue weighted by Gasteiger charge is 2.15. The maximum absolute atomic E-state index is 5.81. The molecule has 1 saturated carbocycles. The van der Waals surface area contributed by atoms with E-state index in [1.54, 1.807) is 6.20 Å². The zero-order valence-electron chi connectivity index (χ0n) is 11.2. The molecule has 0 bridgehead atoms. The number of hydrogen-bond acceptors (Lipinski definition) is 7. The lowest BCUT2D eigenvalue weighted by Gasteiger charge is -2.12. The number of aromatic nitrogens is 4. The van der Waals surface area contributed by atoms with Crippen LogP contribution in [-0.2, 0) is 4.74 Å². The minimum atomic E-state index is 0.348. The maximum Gasteiger partial charge on any atom is 0.241 e. The number of fused-ring (bicyclic) bond motifs is 1. The van der Waals surface area contributed by atoms with Crippen LogP contribution < -0.4 is 16.6 Å². The first-order valence-corrected chi connectivity index (χ1v) is 6.90. The predicted octanol–water partition coefficient (Wildman–Crippen LogP) is 1.01. The Balaban J connectivity index is 1.59. The van der Waals surface area contributed by atoms with Gasteiger partial charge in [-0.05, 0) is 12.8 Å². The molecule has 2 aromatic rings. The fourth-order valence-electron chi connectivity index (χ4n) is 2.48. The third kappa shape index (κ3) is 2.81. The van der Waals surface area contributed by atoms with Crippen molar-refractivity contribution in [3.05, 3.63) is 6.20 Å². The second kappa shape index (κ2) is 6.02. The van der Waals surface area contributed by atoms with Gasteiger partial charge in [-0.25, -0.2) is 5.84 Å². The van der Waals surface area contributed by atoms with Gasteiger partial charge in [0.1, 0.15) is 5.82 Å². The van der Waals surface area contributed by atoms with Crippen molar-refractivity contribution in [3.63, 3.8) is 0 Å². The van der Waals surface area contributed by atoms with Crippen molar-refractivity contribution >= 4 is 22.8 Å². The first kappa shape index (κ1) is 13.1. The van der Waals surface area contributed by atoms with Crippen molar-refractivity contribution in [2.75, 3.05) is 23.9 Å². The van der Waals surface area contributed by atoms with Gasteiger partial charge in [0.25, 0.3) is 0 Å². The van der Waals surface area contributed by atoms with Gasteiger partial charge >= 0.3 is 0 Å². The molecule has 0 amide bonds. The molecule has 0 atom stereocenters. The van der Waals surface area contributed by atoms with Crippen LogP contribution in [0.15, 0.2) is 6.20 Å². The first-order valence-electron chi connectivity index (χ1n) is 6.90. The van der Waals surface area contributed by atoms with E-state index >= 15 is 0 Å². The lowest BCUT2D eigenvalue weighted by atomic mass is 10.3. The summed E-state index contributed by atoms with van der Waals surface area (Å²) in [4.78, 5) is 8.46. The van der Waals surface area contributed by atoms with Gasteiger partial charge in [-0.15, -0.1) is 0 Å². The minimum Gasteiger partial charge on any atom is -0.376 e. The van der Waals surface area contributed by atoms with Gasteiger partial charge in [0.15, 0.2) is 5.65 Å². The SMILES string of the molecule is NNc1nc(NCCOC2CCCC2)c2cn[nH]c2n1. The van der Waals surface area contributed by atoms with Gasteiger partial charge in [0.2, 0.25) is 5.95 Å². The average Bonchev–Trinajstić information content (AvgIpc) is 3.13. The number of ether oxygens (including phenoxy) is 1. The second-order valence-corrected chi connectivity index (χ2v) is 4.88. The summed E-state index contributed by atoms with van der Waals surface area (Å²) in [6, 6.07) is 0. The van der Waals surface area contributed by atoms with Crippen molar-refractivity contribution in [3.8, 4) is 0 Å². The predicted molar refractivity (Wildman–Crippen MR) is 76.2 cm³/mol. The Kier molecular flexibility index (Phi) is 3.93. The molecule has 1 aliphatic carbocycles. The van der Waals surface area contributed by atoms with E-state index in [1.807, 2.05) is 0 Å². The third-order valence-electron chi connectivity index (χ3n) is 3.49. The molecular weight excluding hydrogens is 258 g/mol. The number of hydrogen-bond donors (Lipinski definition) is 4. The Morgan fingerprint density at radius 3 is 3.00 bits per heavy atom. The molecule has 0 aliphatic heterocycles. The molecule has 0 aromatic carbocycles. The summed E-state index contributed by atoms with van der Waals surface area (Å²) in [6.45, 7) is 1.36. The Labute approximate surface area is 116 Å². The van der Waals surface area contributed by atoms with Gasteiger partial charge in [-0.2, -0.15) is 15.1 Å². The van der Waals surface area contributed by atoms with Gasteiger partial charge < -0.3 is 10.1 Å². The zero-order valence-corrected chi connectivity index (χ0v) is 11.2. The Bertz CT molecular complexity index is 564. The van der Waals surface area contributed by atoms with E-state index in [1.165, 1.54) is 25.7 Å². The van der Waals surface area contributed by atoms with Crippen LogP contribution in [0.25, 0.3) is 11.0 Å². The monoisotopic (exact) mass is 277 g/mol. The maximum atomic E-state index is 5.81. The summed E-state index contributed by atoms with van der Waals surface area (Å²) < 4.78 is 5.81. The number of nitrogens with zero attached hydrogens (tertiary/aromatic N) is 3. The van der Waals surface area contributed by atoms with Crippen LogP contribution >= 0.6 is 0 Å². The van der Waals surface area contributed by atoms with E-state index in [0.717, 1.165) is 5.39 Å². The number of anilines is 2. The standard InChI is InChI=1S/C12H19N7O/c13-18-12-16-10(9-7-15-19-11(9)17-12)14-5-6-20-8-3-1-2-4-8/h7-8H,1-6,13H2,(H3,14,15,16,17,18,19). The molecule has 20 heavy (non-hydrogen) atoms. The van der Waals surface area contributed by atoms with Crippen molar-refractivity contribution in [1.29, 1.82) is 0 Å². The summed E-state index contributed by atoms with van der Waals surface area (Å²) in [7, 11) is 0. The normalized spacial score (nSPS) is 15.8. The number of nitrogens with two attached hydrogens (primary N) is 1. The number of H-pyrrole nitrogens is 1. The highest BCUT2D eigenvalue weighted by Crippen LogP contribution is 2.21. The molecule has 0 radical (unpaired) electrons.